The van der Waals surface area contributed by atoms with Crippen molar-refractivity contribution >= 4 is 24.0 Å². The molecule has 0 rings (SSSR count). The van der Waals surface area contributed by atoms with Crippen LogP contribution in [-0.4, -0.2) is 24.4 Å². The van der Waals surface area contributed by atoms with Crippen LogP contribution in [0.15, 0.2) is 0 Å². The Morgan fingerprint density at radius 2 is 2.40 bits per heavy atom. The van der Waals surface area contributed by atoms with Crippen molar-refractivity contribution in [2.45, 2.75) is 12.5 Å². The Kier molecular flexibility index (Phi) is 4.88. The van der Waals surface area contributed by atoms with E-state index in [1.807, 2.05) is 0 Å². The molecule has 0 fully saturated rings. The molecule has 0 aromatic rings. The molecule has 0 spiro atoms. The highest BCUT2D eigenvalue weighted by molar-refractivity contribution is 6.18. The Morgan fingerprint density at radius 3 is 2.80 bits per heavy atom. The first-order chi connectivity index (χ1) is 4.70. The van der Waals surface area contributed by atoms with Gasteiger partial charge in [0.25, 0.3) is 0 Å². The van der Waals surface area contributed by atoms with Crippen LogP contribution < -0.4 is 5.73 Å². The molecule has 0 radical (unpaired) electrons. The molecule has 1 atom stereocenters. The molecular weight excluding hydrogens is 158 g/mol. The van der Waals surface area contributed by atoms with Gasteiger partial charge in [0, 0.05) is 11.9 Å². The number of alkyl halides is 1. The fraction of sp³-hybridized carbons (Fsp3) is 0.600. The minimum Gasteiger partial charge on any atom is -0.395 e. The maximum atomic E-state index is 10.4. The summed E-state index contributed by atoms with van der Waals surface area (Å²) in [5.41, 5.74) is 5.26. The fourth-order valence-corrected chi connectivity index (χ4v) is 0.480. The number of halogens is 1. The summed E-state index contributed by atoms with van der Waals surface area (Å²) in [6, 6.07) is -0.436. The zero-order valence-electron chi connectivity index (χ0n) is 5.25. The van der Waals surface area contributed by atoms with Crippen LogP contribution in [-0.2, 0) is 14.3 Å². The number of hydrogen-bond acceptors (Lipinski definition) is 4. The smallest absolute Gasteiger partial charge is 0.314 e. The Morgan fingerprint density at radius 1 is 1.80 bits per heavy atom. The second-order valence-electron chi connectivity index (χ2n) is 1.70. The highest BCUT2D eigenvalue weighted by Gasteiger charge is 2.08. The lowest BCUT2D eigenvalue weighted by Crippen LogP contribution is -2.26. The van der Waals surface area contributed by atoms with Crippen LogP contribution >= 0.6 is 11.6 Å². The van der Waals surface area contributed by atoms with Crippen molar-refractivity contribution in [1.82, 2.24) is 0 Å². The first-order valence-corrected chi connectivity index (χ1v) is 3.18. The average molecular weight is 166 g/mol. The first-order valence-electron chi connectivity index (χ1n) is 2.65. The highest BCUT2D eigenvalue weighted by Crippen LogP contribution is 1.92. The molecule has 5 heteroatoms. The van der Waals surface area contributed by atoms with Gasteiger partial charge >= 0.3 is 12.4 Å². The van der Waals surface area contributed by atoms with E-state index in [1.165, 1.54) is 0 Å². The SMILES string of the molecule is NC(CCl)CC(=O)OC=O. The van der Waals surface area contributed by atoms with Crippen molar-refractivity contribution in [2.24, 2.45) is 5.73 Å². The molecule has 4 nitrogen and oxygen atoms in total. The number of rotatable bonds is 4. The van der Waals surface area contributed by atoms with Crippen molar-refractivity contribution in [3.63, 3.8) is 0 Å². The number of esters is 1. The van der Waals surface area contributed by atoms with E-state index in [4.69, 9.17) is 17.3 Å². The van der Waals surface area contributed by atoms with Gasteiger partial charge < -0.3 is 10.5 Å². The third-order valence-electron chi connectivity index (χ3n) is 0.807. The van der Waals surface area contributed by atoms with Crippen LogP contribution in [0.1, 0.15) is 6.42 Å². The monoisotopic (exact) mass is 165 g/mol. The summed E-state index contributed by atoms with van der Waals surface area (Å²) in [4.78, 5) is 20.0. The van der Waals surface area contributed by atoms with Crippen LogP contribution in [0.4, 0.5) is 0 Å². The Bertz CT molecular complexity index is 128. The Hall–Kier alpha value is -0.610. The van der Waals surface area contributed by atoms with Gasteiger partial charge in [-0.3, -0.25) is 9.59 Å². The van der Waals surface area contributed by atoms with E-state index in [9.17, 15) is 9.59 Å². The third-order valence-corrected chi connectivity index (χ3v) is 1.20. The van der Waals surface area contributed by atoms with Gasteiger partial charge in [0.2, 0.25) is 0 Å². The normalized spacial score (nSPS) is 12.2. The van der Waals surface area contributed by atoms with Crippen LogP contribution in [0.5, 0.6) is 0 Å². The lowest BCUT2D eigenvalue weighted by Gasteiger charge is -2.02. The quantitative estimate of drug-likeness (QED) is 0.267. The molecule has 1 unspecified atom stereocenters. The molecule has 0 aliphatic heterocycles. The van der Waals surface area contributed by atoms with E-state index in [2.05, 4.69) is 4.74 Å². The molecule has 2 N–H and O–H groups in total. The Balaban J connectivity index is 3.46. The van der Waals surface area contributed by atoms with Crippen molar-refractivity contribution in [3.8, 4) is 0 Å². The van der Waals surface area contributed by atoms with Crippen molar-refractivity contribution in [2.75, 3.05) is 5.88 Å². The van der Waals surface area contributed by atoms with E-state index in [-0.39, 0.29) is 18.8 Å². The molecule has 0 saturated carbocycles. The van der Waals surface area contributed by atoms with E-state index in [1.54, 1.807) is 0 Å². The minimum atomic E-state index is -0.650. The average Bonchev–Trinajstić information content (AvgIpc) is 1.88. The maximum Gasteiger partial charge on any atom is 0.314 e. The van der Waals surface area contributed by atoms with E-state index < -0.39 is 12.0 Å². The zero-order chi connectivity index (χ0) is 7.98. The third kappa shape index (κ3) is 4.29. The predicted octanol–water partition coefficient (Wildman–Crippen LogP) is -0.358. The summed E-state index contributed by atoms with van der Waals surface area (Å²) < 4.78 is 3.96. The molecule has 0 aromatic carbocycles. The molecule has 0 amide bonds. The van der Waals surface area contributed by atoms with Crippen LogP contribution in [0.3, 0.4) is 0 Å². The molecule has 0 heterocycles. The molecule has 0 saturated heterocycles. The zero-order valence-corrected chi connectivity index (χ0v) is 6.00. The van der Waals surface area contributed by atoms with E-state index in [0.717, 1.165) is 0 Å². The number of carbonyl (C=O) groups excluding carboxylic acids is 2. The van der Waals surface area contributed by atoms with Gasteiger partial charge in [0.15, 0.2) is 0 Å². The molecule has 58 valence electrons. The predicted molar refractivity (Wildman–Crippen MR) is 35.5 cm³/mol. The number of hydrogen-bond donors (Lipinski definition) is 1. The largest absolute Gasteiger partial charge is 0.395 e. The lowest BCUT2D eigenvalue weighted by atomic mass is 10.2. The lowest BCUT2D eigenvalue weighted by molar-refractivity contribution is -0.151. The van der Waals surface area contributed by atoms with E-state index in [0.29, 0.717) is 0 Å². The summed E-state index contributed by atoms with van der Waals surface area (Å²) >= 11 is 5.28. The van der Waals surface area contributed by atoms with Gasteiger partial charge in [0.05, 0.1) is 6.42 Å². The minimum absolute atomic E-state index is 0.0256. The van der Waals surface area contributed by atoms with Gasteiger partial charge in [-0.05, 0) is 0 Å². The molecule has 0 bridgehead atoms. The van der Waals surface area contributed by atoms with Crippen molar-refractivity contribution in [1.29, 1.82) is 0 Å². The second kappa shape index (κ2) is 5.20. The van der Waals surface area contributed by atoms with Gasteiger partial charge in [-0.2, -0.15) is 0 Å². The van der Waals surface area contributed by atoms with Crippen LogP contribution in [0.25, 0.3) is 0 Å². The summed E-state index contributed by atoms with van der Waals surface area (Å²) in [5, 5.41) is 0. The summed E-state index contributed by atoms with van der Waals surface area (Å²) in [7, 11) is 0. The molecule has 0 aromatic heterocycles. The molecule has 0 aliphatic carbocycles. The van der Waals surface area contributed by atoms with Crippen LogP contribution in [0, 0.1) is 0 Å². The van der Waals surface area contributed by atoms with Gasteiger partial charge in [-0.1, -0.05) is 0 Å². The molecular formula is C5H8ClNO3. The standard InChI is InChI=1S/C5H8ClNO3/c6-2-4(7)1-5(9)10-3-8/h3-4H,1-2,7H2. The maximum absolute atomic E-state index is 10.4. The highest BCUT2D eigenvalue weighted by atomic mass is 35.5. The summed E-state index contributed by atoms with van der Waals surface area (Å²) in [6.45, 7) is 0.0727. The molecule has 10 heavy (non-hydrogen) atoms. The number of ether oxygens (including phenoxy) is 1. The van der Waals surface area contributed by atoms with Gasteiger partial charge in [-0.15, -0.1) is 11.6 Å². The second-order valence-corrected chi connectivity index (χ2v) is 2.01. The molecule has 0 aliphatic rings. The van der Waals surface area contributed by atoms with E-state index >= 15 is 0 Å². The van der Waals surface area contributed by atoms with Crippen LogP contribution in [0.2, 0.25) is 0 Å². The summed E-state index contributed by atoms with van der Waals surface area (Å²) in [6.07, 6.45) is -0.0256. The van der Waals surface area contributed by atoms with Gasteiger partial charge in [0.1, 0.15) is 0 Å². The fourth-order valence-electron chi connectivity index (χ4n) is 0.370. The summed E-state index contributed by atoms with van der Waals surface area (Å²) in [5.74, 6) is -0.475. The topological polar surface area (TPSA) is 69.4 Å². The first kappa shape index (κ1) is 9.39. The van der Waals surface area contributed by atoms with Crippen molar-refractivity contribution < 1.29 is 14.3 Å². The Labute approximate surface area is 63.3 Å². The van der Waals surface area contributed by atoms with Gasteiger partial charge in [-0.25, -0.2) is 0 Å². The number of nitrogens with two attached hydrogens (primary N) is 1. The van der Waals surface area contributed by atoms with Crippen molar-refractivity contribution in [3.05, 3.63) is 0 Å². The number of carbonyl (C=O) groups is 2.